The van der Waals surface area contributed by atoms with E-state index in [0.29, 0.717) is 12.2 Å². The van der Waals surface area contributed by atoms with Gasteiger partial charge >= 0.3 is 8.56 Å². The number of allylic oxidation sites excluding steroid dienone is 2. The smallest absolute Gasteiger partial charge is 0.364 e. The van der Waals surface area contributed by atoms with Crippen LogP contribution in [0.1, 0.15) is 31.5 Å². The molecule has 6 N–H and O–H groups in total. The van der Waals surface area contributed by atoms with E-state index in [1.54, 1.807) is 33.1 Å². The summed E-state index contributed by atoms with van der Waals surface area (Å²) in [5, 5.41) is 18.7. The molecular formula is C23H45N5O5SSi2. The van der Waals surface area contributed by atoms with Crippen molar-refractivity contribution in [3.8, 4) is 0 Å². The van der Waals surface area contributed by atoms with E-state index >= 15 is 0 Å². The molecule has 0 aliphatic heterocycles. The van der Waals surface area contributed by atoms with Gasteiger partial charge in [-0.1, -0.05) is 18.6 Å². The Kier molecular flexibility index (Phi) is 13.3. The monoisotopic (exact) mass is 559 g/mol. The predicted molar refractivity (Wildman–Crippen MR) is 150 cm³/mol. The van der Waals surface area contributed by atoms with Crippen LogP contribution in [0.5, 0.6) is 0 Å². The summed E-state index contributed by atoms with van der Waals surface area (Å²) in [5.41, 5.74) is 11.0. The van der Waals surface area contributed by atoms with Gasteiger partial charge in [0.25, 0.3) is 0 Å². The Morgan fingerprint density at radius 1 is 0.944 bits per heavy atom. The van der Waals surface area contributed by atoms with Crippen LogP contribution in [0.25, 0.3) is 0 Å². The second kappa shape index (κ2) is 15.4. The highest BCUT2D eigenvalue weighted by atomic mass is 32.2. The van der Waals surface area contributed by atoms with E-state index in [1.165, 1.54) is 19.3 Å². The molecule has 1 saturated carbocycles. The Morgan fingerprint density at radius 2 is 1.64 bits per heavy atom. The van der Waals surface area contributed by atoms with Gasteiger partial charge in [0.15, 0.2) is 0 Å². The SMILES string of the molecule is CO[Si](C)(CO)CCC1CC2C=CC1C2.CO[Si](CO)(CCCSCCc1nc(N)nc(N)n1)OC. The van der Waals surface area contributed by atoms with Crippen molar-refractivity contribution in [1.82, 2.24) is 15.0 Å². The van der Waals surface area contributed by atoms with E-state index in [0.717, 1.165) is 47.8 Å². The number of nitrogens with two attached hydrogens (primary N) is 2. The Labute approximate surface area is 222 Å². The predicted octanol–water partition coefficient (Wildman–Crippen LogP) is 2.31. The maximum Gasteiger partial charge on any atom is 0.364 e. The van der Waals surface area contributed by atoms with E-state index in [1.807, 2.05) is 0 Å². The normalized spacial score (nSPS) is 22.3. The topological polar surface area (TPSA) is 159 Å². The highest BCUT2D eigenvalue weighted by Gasteiger charge is 2.37. The number of aromatic nitrogens is 3. The Hall–Kier alpha value is -1.07. The minimum atomic E-state index is -2.38. The van der Waals surface area contributed by atoms with Crippen molar-refractivity contribution in [3.63, 3.8) is 0 Å². The fourth-order valence-electron chi connectivity index (χ4n) is 4.74. The average Bonchev–Trinajstić information content (AvgIpc) is 3.51. The molecule has 13 heteroatoms. The van der Waals surface area contributed by atoms with Crippen molar-refractivity contribution in [1.29, 1.82) is 0 Å². The average molecular weight is 560 g/mol. The molecule has 0 radical (unpaired) electrons. The molecule has 0 saturated heterocycles. The molecule has 2 bridgehead atoms. The molecule has 0 spiro atoms. The molecule has 2 aliphatic rings. The van der Waals surface area contributed by atoms with Crippen LogP contribution in [-0.2, 0) is 19.7 Å². The van der Waals surface area contributed by atoms with Crippen LogP contribution in [-0.4, -0.2) is 87.3 Å². The zero-order valence-electron chi connectivity index (χ0n) is 22.2. The van der Waals surface area contributed by atoms with Gasteiger partial charge in [-0.15, -0.1) is 0 Å². The molecule has 206 valence electrons. The minimum absolute atomic E-state index is 0.0198. The van der Waals surface area contributed by atoms with E-state index in [9.17, 15) is 10.2 Å². The zero-order chi connectivity index (χ0) is 26.6. The number of rotatable bonds is 15. The fourth-order valence-corrected chi connectivity index (χ4v) is 9.05. The lowest BCUT2D eigenvalue weighted by Gasteiger charge is -2.26. The number of nitrogen functional groups attached to an aromatic ring is 2. The highest BCUT2D eigenvalue weighted by Crippen LogP contribution is 2.45. The van der Waals surface area contributed by atoms with Gasteiger partial charge in [0.2, 0.25) is 20.2 Å². The van der Waals surface area contributed by atoms with E-state index < -0.39 is 16.9 Å². The summed E-state index contributed by atoms with van der Waals surface area (Å²) in [7, 11) is 0.796. The summed E-state index contributed by atoms with van der Waals surface area (Å²) >= 11 is 1.78. The Bertz CT molecular complexity index is 789. The second-order valence-corrected chi connectivity index (χ2v) is 18.6. The molecule has 4 atom stereocenters. The van der Waals surface area contributed by atoms with Crippen molar-refractivity contribution >= 4 is 40.5 Å². The van der Waals surface area contributed by atoms with E-state index in [2.05, 4.69) is 33.7 Å². The molecular weight excluding hydrogens is 515 g/mol. The van der Waals surface area contributed by atoms with Crippen molar-refractivity contribution in [3.05, 3.63) is 18.0 Å². The molecule has 0 amide bonds. The number of hydrogen-bond donors (Lipinski definition) is 4. The number of aliphatic hydroxyl groups is 2. The summed E-state index contributed by atoms with van der Waals surface area (Å²) < 4.78 is 16.2. The maximum absolute atomic E-state index is 9.34. The van der Waals surface area contributed by atoms with Crippen LogP contribution in [0.2, 0.25) is 18.6 Å². The summed E-state index contributed by atoms with van der Waals surface area (Å²) in [6.07, 6.45) is 10.7. The van der Waals surface area contributed by atoms with Gasteiger partial charge in [0.05, 0.1) is 12.5 Å². The molecule has 0 aromatic carbocycles. The van der Waals surface area contributed by atoms with Crippen LogP contribution in [0.4, 0.5) is 11.9 Å². The quantitative estimate of drug-likeness (QED) is 0.142. The van der Waals surface area contributed by atoms with Crippen LogP contribution in [0, 0.1) is 17.8 Å². The van der Waals surface area contributed by atoms with Gasteiger partial charge in [-0.05, 0) is 61.4 Å². The third-order valence-corrected chi connectivity index (χ3v) is 14.5. The molecule has 36 heavy (non-hydrogen) atoms. The summed E-state index contributed by atoms with van der Waals surface area (Å²) in [4.78, 5) is 11.8. The van der Waals surface area contributed by atoms with E-state index in [4.69, 9.17) is 24.7 Å². The molecule has 3 rings (SSSR count). The van der Waals surface area contributed by atoms with Crippen molar-refractivity contribution in [2.45, 2.75) is 50.7 Å². The number of anilines is 2. The van der Waals surface area contributed by atoms with Gasteiger partial charge in [0.1, 0.15) is 5.82 Å². The maximum atomic E-state index is 9.34. The Balaban J connectivity index is 0.000000267. The van der Waals surface area contributed by atoms with Gasteiger partial charge in [0, 0.05) is 33.5 Å². The first-order chi connectivity index (χ1) is 17.2. The molecule has 2 aliphatic carbocycles. The second-order valence-electron chi connectivity index (χ2n) is 9.80. The molecule has 1 aromatic heterocycles. The molecule has 4 unspecified atom stereocenters. The number of aryl methyl sites for hydroxylation is 1. The largest absolute Gasteiger partial charge is 0.418 e. The first-order valence-electron chi connectivity index (χ1n) is 12.6. The third-order valence-electron chi connectivity index (χ3n) is 7.31. The fraction of sp³-hybridized carbons (Fsp3) is 0.783. The third kappa shape index (κ3) is 9.67. The molecule has 10 nitrogen and oxygen atoms in total. The van der Waals surface area contributed by atoms with Crippen molar-refractivity contribution in [2.75, 3.05) is 56.8 Å². The summed E-state index contributed by atoms with van der Waals surface area (Å²) in [6.45, 7) is 2.13. The van der Waals surface area contributed by atoms with Gasteiger partial charge in [-0.3, -0.25) is 0 Å². The number of fused-ring (bicyclic) bond motifs is 2. The minimum Gasteiger partial charge on any atom is -0.418 e. The molecule has 1 fully saturated rings. The standard InChI is InChI=1S/C12H22O2Si.C11H23N5O3SSi/c1-14-15(2,9-13)6-5-12-8-10-3-4-11(12)7-10;1-18-21(8-17,19-2)7-3-5-20-6-4-9-14-10(12)16-11(13)15-9/h3-4,10-13H,5-9H2,1-2H3;17H,3-8H2,1-2H3,(H4,12,13,14,15,16). The lowest BCUT2D eigenvalue weighted by atomic mass is 9.91. The van der Waals surface area contributed by atoms with Gasteiger partial charge in [-0.2, -0.15) is 26.7 Å². The summed E-state index contributed by atoms with van der Waals surface area (Å²) in [5.74, 6) is 5.32. The lowest BCUT2D eigenvalue weighted by Crippen LogP contribution is -2.44. The van der Waals surface area contributed by atoms with Gasteiger partial charge < -0.3 is 35.0 Å². The lowest BCUT2D eigenvalue weighted by molar-refractivity contribution is 0.196. The number of aliphatic hydroxyl groups excluding tert-OH is 2. The van der Waals surface area contributed by atoms with Crippen molar-refractivity contribution in [2.24, 2.45) is 17.8 Å². The molecule has 1 aromatic rings. The van der Waals surface area contributed by atoms with Crippen LogP contribution in [0.3, 0.4) is 0 Å². The van der Waals surface area contributed by atoms with Crippen LogP contribution < -0.4 is 11.5 Å². The number of hydrogen-bond acceptors (Lipinski definition) is 11. The number of thioether (sulfide) groups is 1. The summed E-state index contributed by atoms with van der Waals surface area (Å²) in [6, 6.07) is 1.89. The van der Waals surface area contributed by atoms with Crippen LogP contribution in [0.15, 0.2) is 12.2 Å². The first-order valence-corrected chi connectivity index (χ1v) is 18.8. The van der Waals surface area contributed by atoms with Crippen LogP contribution >= 0.6 is 11.8 Å². The van der Waals surface area contributed by atoms with E-state index in [-0.39, 0.29) is 24.4 Å². The Morgan fingerprint density at radius 3 is 2.14 bits per heavy atom. The number of nitrogens with zero attached hydrogens (tertiary/aromatic N) is 3. The molecule has 1 heterocycles. The van der Waals surface area contributed by atoms with Gasteiger partial charge in [-0.25, -0.2) is 0 Å². The van der Waals surface area contributed by atoms with Crippen molar-refractivity contribution < 1.29 is 23.5 Å². The zero-order valence-corrected chi connectivity index (χ0v) is 25.0. The highest BCUT2D eigenvalue weighted by molar-refractivity contribution is 7.99. The first kappa shape index (κ1) is 31.2.